The lowest BCUT2D eigenvalue weighted by Gasteiger charge is -2.19. The number of nitro benzene ring substituents is 1. The molecule has 1 aromatic rings. The maximum atomic E-state index is 12.7. The van der Waals surface area contributed by atoms with Crippen molar-refractivity contribution in [3.05, 3.63) is 34.4 Å². The van der Waals surface area contributed by atoms with Gasteiger partial charge in [0.15, 0.2) is 9.84 Å². The number of nitro groups is 1. The first-order valence-corrected chi connectivity index (χ1v) is 8.39. The minimum atomic E-state index is -3.63. The molecule has 0 radical (unpaired) electrons. The average molecular weight is 308 g/mol. The van der Waals surface area contributed by atoms with E-state index in [1.807, 2.05) is 0 Å². The largest absolute Gasteiger partial charge is 0.269 e. The highest BCUT2D eigenvalue weighted by Gasteiger charge is 2.35. The van der Waals surface area contributed by atoms with Gasteiger partial charge in [0.25, 0.3) is 5.69 Å². The van der Waals surface area contributed by atoms with Crippen molar-refractivity contribution in [2.45, 2.75) is 42.2 Å². The zero-order chi connectivity index (χ0) is 15.5. The molecule has 1 aromatic carbocycles. The number of non-ortho nitro benzene ring substituents is 1. The molecule has 1 aliphatic carbocycles. The second-order valence-electron chi connectivity index (χ2n) is 5.21. The summed E-state index contributed by atoms with van der Waals surface area (Å²) in [6, 6.07) is 7.00. The van der Waals surface area contributed by atoms with E-state index in [0.29, 0.717) is 12.8 Å². The van der Waals surface area contributed by atoms with E-state index in [9.17, 15) is 23.8 Å². The van der Waals surface area contributed by atoms with Crippen LogP contribution in [-0.2, 0) is 9.84 Å². The molecule has 0 bridgehead atoms. The first-order valence-electron chi connectivity index (χ1n) is 6.85. The van der Waals surface area contributed by atoms with Crippen LogP contribution in [0, 0.1) is 27.4 Å². The molecule has 1 saturated carbocycles. The Balaban J connectivity index is 2.35. The molecule has 0 aliphatic heterocycles. The maximum absolute atomic E-state index is 12.7. The highest BCUT2D eigenvalue weighted by Crippen LogP contribution is 2.32. The van der Waals surface area contributed by atoms with Crippen molar-refractivity contribution < 1.29 is 13.3 Å². The predicted octanol–water partition coefficient (Wildman–Crippen LogP) is 2.84. The Morgan fingerprint density at radius 1 is 1.14 bits per heavy atom. The van der Waals surface area contributed by atoms with Gasteiger partial charge in [0.05, 0.1) is 27.1 Å². The minimum Gasteiger partial charge on any atom is -0.258 e. The summed E-state index contributed by atoms with van der Waals surface area (Å²) in [6.45, 7) is 0. The highest BCUT2D eigenvalue weighted by molar-refractivity contribution is 7.92. The van der Waals surface area contributed by atoms with Crippen LogP contribution in [0.15, 0.2) is 29.2 Å². The van der Waals surface area contributed by atoms with E-state index >= 15 is 0 Å². The molecule has 112 valence electrons. The summed E-state index contributed by atoms with van der Waals surface area (Å²) in [5.74, 6) is -0.507. The first-order chi connectivity index (χ1) is 9.96. The van der Waals surface area contributed by atoms with E-state index in [1.54, 1.807) is 0 Å². The average Bonchev–Trinajstić information content (AvgIpc) is 2.72. The molecule has 2 unspecified atom stereocenters. The van der Waals surface area contributed by atoms with Gasteiger partial charge in [-0.2, -0.15) is 5.26 Å². The van der Waals surface area contributed by atoms with Gasteiger partial charge in [-0.1, -0.05) is 19.3 Å². The monoisotopic (exact) mass is 308 g/mol. The summed E-state index contributed by atoms with van der Waals surface area (Å²) in [5, 5.41) is 19.1. The lowest BCUT2D eigenvalue weighted by Crippen LogP contribution is -2.28. The predicted molar refractivity (Wildman–Crippen MR) is 76.3 cm³/mol. The molecule has 6 nitrogen and oxygen atoms in total. The van der Waals surface area contributed by atoms with Gasteiger partial charge in [0.2, 0.25) is 0 Å². The van der Waals surface area contributed by atoms with Crippen LogP contribution in [0.25, 0.3) is 0 Å². The van der Waals surface area contributed by atoms with Gasteiger partial charge >= 0.3 is 0 Å². The Morgan fingerprint density at radius 2 is 1.76 bits per heavy atom. The second-order valence-corrected chi connectivity index (χ2v) is 7.37. The molecule has 2 atom stereocenters. The summed E-state index contributed by atoms with van der Waals surface area (Å²) >= 11 is 0. The third-order valence-corrected chi connectivity index (χ3v) is 6.18. The Kier molecular flexibility index (Phi) is 4.58. The topological polar surface area (TPSA) is 101 Å². The Hall–Kier alpha value is -1.94. The highest BCUT2D eigenvalue weighted by atomic mass is 32.2. The molecular formula is C14H16N2O4S. The smallest absolute Gasteiger partial charge is 0.258 e. The van der Waals surface area contributed by atoms with E-state index in [2.05, 4.69) is 6.07 Å². The number of hydrogen-bond acceptors (Lipinski definition) is 5. The Labute approximate surface area is 123 Å². The van der Waals surface area contributed by atoms with E-state index in [0.717, 1.165) is 19.3 Å². The van der Waals surface area contributed by atoms with Crippen LogP contribution < -0.4 is 0 Å². The Morgan fingerprint density at radius 3 is 2.33 bits per heavy atom. The molecular weight excluding hydrogens is 292 g/mol. The lowest BCUT2D eigenvalue weighted by atomic mass is 10.0. The van der Waals surface area contributed by atoms with Crippen LogP contribution in [0.4, 0.5) is 5.69 Å². The summed E-state index contributed by atoms with van der Waals surface area (Å²) in [7, 11) is -3.63. The molecule has 21 heavy (non-hydrogen) atoms. The molecule has 2 rings (SSSR count). The number of nitrogens with zero attached hydrogens (tertiary/aromatic N) is 2. The van der Waals surface area contributed by atoms with Gasteiger partial charge in [-0.25, -0.2) is 8.42 Å². The van der Waals surface area contributed by atoms with Crippen molar-refractivity contribution in [2.24, 2.45) is 5.92 Å². The van der Waals surface area contributed by atoms with Gasteiger partial charge in [0, 0.05) is 12.1 Å². The van der Waals surface area contributed by atoms with Crippen LogP contribution in [0.1, 0.15) is 32.1 Å². The molecule has 7 heteroatoms. The maximum Gasteiger partial charge on any atom is 0.269 e. The lowest BCUT2D eigenvalue weighted by molar-refractivity contribution is -0.384. The van der Waals surface area contributed by atoms with Crippen LogP contribution in [0.3, 0.4) is 0 Å². The molecule has 1 fully saturated rings. The van der Waals surface area contributed by atoms with Crippen LogP contribution in [0.5, 0.6) is 0 Å². The van der Waals surface area contributed by atoms with Crippen LogP contribution >= 0.6 is 0 Å². The molecule has 0 N–H and O–H groups in total. The number of hydrogen-bond donors (Lipinski definition) is 0. The van der Waals surface area contributed by atoms with E-state index in [4.69, 9.17) is 0 Å². The molecule has 1 aliphatic rings. The van der Waals surface area contributed by atoms with Crippen molar-refractivity contribution in [2.75, 3.05) is 0 Å². The van der Waals surface area contributed by atoms with E-state index in [-0.39, 0.29) is 10.6 Å². The normalized spacial score (nSPS) is 23.0. The van der Waals surface area contributed by atoms with Gasteiger partial charge in [-0.15, -0.1) is 0 Å². The van der Waals surface area contributed by atoms with Crippen LogP contribution in [0.2, 0.25) is 0 Å². The fourth-order valence-corrected chi connectivity index (χ4v) is 4.70. The van der Waals surface area contributed by atoms with Gasteiger partial charge in [0.1, 0.15) is 0 Å². The summed E-state index contributed by atoms with van der Waals surface area (Å²) in [4.78, 5) is 10.1. The second kappa shape index (κ2) is 6.22. The van der Waals surface area contributed by atoms with Crippen molar-refractivity contribution in [1.29, 1.82) is 5.26 Å². The van der Waals surface area contributed by atoms with Crippen molar-refractivity contribution in [3.8, 4) is 6.07 Å². The Bertz CT molecular complexity index is 661. The van der Waals surface area contributed by atoms with Crippen molar-refractivity contribution >= 4 is 15.5 Å². The zero-order valence-corrected chi connectivity index (χ0v) is 12.3. The SMILES string of the molecule is N#CC1CCCCCC1S(=O)(=O)c1ccc([N+](=O)[O-])cc1. The number of rotatable bonds is 3. The van der Waals surface area contributed by atoms with Gasteiger partial charge < -0.3 is 0 Å². The first kappa shape index (κ1) is 15.4. The third-order valence-electron chi connectivity index (χ3n) is 3.89. The quantitative estimate of drug-likeness (QED) is 0.485. The van der Waals surface area contributed by atoms with Crippen molar-refractivity contribution in [1.82, 2.24) is 0 Å². The number of nitriles is 1. The number of sulfone groups is 1. The summed E-state index contributed by atoms with van der Waals surface area (Å²) < 4.78 is 25.3. The summed E-state index contributed by atoms with van der Waals surface area (Å²) in [5.41, 5.74) is -0.147. The molecule has 0 saturated heterocycles. The van der Waals surface area contributed by atoms with Gasteiger partial charge in [-0.05, 0) is 25.0 Å². The van der Waals surface area contributed by atoms with Crippen molar-refractivity contribution in [3.63, 3.8) is 0 Å². The molecule has 0 spiro atoms. The molecule has 0 aromatic heterocycles. The van der Waals surface area contributed by atoms with Gasteiger partial charge in [-0.3, -0.25) is 10.1 Å². The fourth-order valence-electron chi connectivity index (χ4n) is 2.73. The zero-order valence-electron chi connectivity index (χ0n) is 11.4. The standard InChI is InChI=1S/C14H16N2O4S/c15-10-11-4-2-1-3-5-14(11)21(19,20)13-8-6-12(7-9-13)16(17)18/h6-9,11,14H,1-5H2. The van der Waals surface area contributed by atoms with E-state index < -0.39 is 25.9 Å². The number of benzene rings is 1. The molecule has 0 amide bonds. The third kappa shape index (κ3) is 3.22. The van der Waals surface area contributed by atoms with Crippen LogP contribution in [-0.4, -0.2) is 18.6 Å². The van der Waals surface area contributed by atoms with E-state index in [1.165, 1.54) is 24.3 Å². The fraction of sp³-hybridized carbons (Fsp3) is 0.500. The minimum absolute atomic E-state index is 0.0558. The molecule has 0 heterocycles. The summed E-state index contributed by atoms with van der Waals surface area (Å²) in [6.07, 6.45) is 3.65.